The molecule has 1 aliphatic rings. The van der Waals surface area contributed by atoms with Crippen molar-refractivity contribution >= 4 is 44.2 Å². The molecule has 0 aliphatic carbocycles. The molecule has 1 N–H and O–H groups in total. The Morgan fingerprint density at radius 1 is 1.00 bits per heavy atom. The van der Waals surface area contributed by atoms with Crippen molar-refractivity contribution in [3.8, 4) is 0 Å². The minimum atomic E-state index is -3.61. The number of anilines is 1. The van der Waals surface area contributed by atoms with E-state index < -0.39 is 10.0 Å². The first-order valence-electron chi connectivity index (χ1n) is 10.1. The number of carbonyl (C=O) groups excluding carboxylic acids is 1. The molecule has 0 bridgehead atoms. The SMILES string of the molecule is CC(Sc1ccc2ccccc2c1)C(=O)Nc1cccc(S(=O)(=O)N2CCOCC2)c1. The van der Waals surface area contributed by atoms with Crippen molar-refractivity contribution in [3.63, 3.8) is 0 Å². The topological polar surface area (TPSA) is 75.7 Å². The molecule has 6 nitrogen and oxygen atoms in total. The van der Waals surface area contributed by atoms with Crippen LogP contribution in [-0.2, 0) is 19.6 Å². The molecular formula is C23H24N2O4S2. The van der Waals surface area contributed by atoms with Gasteiger partial charge >= 0.3 is 0 Å². The summed E-state index contributed by atoms with van der Waals surface area (Å²) in [7, 11) is -3.61. The standard InChI is InChI=1S/C23H24N2O4S2/c1-17(30-21-10-9-18-5-2-3-6-19(18)15-21)23(26)24-20-7-4-8-22(16-20)31(27,28)25-11-13-29-14-12-25/h2-10,15-17H,11-14H2,1H3,(H,24,26). The van der Waals surface area contributed by atoms with E-state index in [0.29, 0.717) is 32.0 Å². The molecule has 1 saturated heterocycles. The predicted molar refractivity (Wildman–Crippen MR) is 124 cm³/mol. The minimum absolute atomic E-state index is 0.169. The molecule has 1 unspecified atom stereocenters. The zero-order valence-corrected chi connectivity index (χ0v) is 18.8. The third-order valence-corrected chi connectivity index (χ3v) is 8.10. The normalized spacial score (nSPS) is 16.2. The largest absolute Gasteiger partial charge is 0.379 e. The van der Waals surface area contributed by atoms with Gasteiger partial charge in [-0.25, -0.2) is 8.42 Å². The van der Waals surface area contributed by atoms with Gasteiger partial charge in [-0.05, 0) is 48.0 Å². The van der Waals surface area contributed by atoms with Gasteiger partial charge in [0.2, 0.25) is 15.9 Å². The second-order valence-corrected chi connectivity index (χ2v) is 10.7. The van der Waals surface area contributed by atoms with Crippen LogP contribution in [0, 0.1) is 0 Å². The van der Waals surface area contributed by atoms with E-state index in [1.807, 2.05) is 37.3 Å². The Bertz CT molecular complexity index is 1190. The molecule has 4 rings (SSSR count). The number of amides is 1. The quantitative estimate of drug-likeness (QED) is 0.568. The second-order valence-electron chi connectivity index (χ2n) is 7.30. The number of hydrogen-bond acceptors (Lipinski definition) is 5. The van der Waals surface area contributed by atoms with Gasteiger partial charge in [-0.3, -0.25) is 4.79 Å². The lowest BCUT2D eigenvalue weighted by atomic mass is 10.1. The summed E-state index contributed by atoms with van der Waals surface area (Å²) in [5.74, 6) is -0.181. The first kappa shape index (κ1) is 21.8. The van der Waals surface area contributed by atoms with E-state index in [4.69, 9.17) is 4.74 Å². The number of ether oxygens (including phenoxy) is 1. The van der Waals surface area contributed by atoms with Crippen molar-refractivity contribution in [2.24, 2.45) is 0 Å². The molecule has 31 heavy (non-hydrogen) atoms. The summed E-state index contributed by atoms with van der Waals surface area (Å²) in [5.41, 5.74) is 0.463. The van der Waals surface area contributed by atoms with Gasteiger partial charge in [-0.2, -0.15) is 4.31 Å². The van der Waals surface area contributed by atoms with E-state index in [-0.39, 0.29) is 16.1 Å². The van der Waals surface area contributed by atoms with Crippen LogP contribution in [0.5, 0.6) is 0 Å². The summed E-state index contributed by atoms with van der Waals surface area (Å²) in [4.78, 5) is 13.9. The monoisotopic (exact) mass is 456 g/mol. The molecule has 3 aromatic rings. The van der Waals surface area contributed by atoms with Gasteiger partial charge in [0, 0.05) is 23.7 Å². The molecule has 162 valence electrons. The number of hydrogen-bond donors (Lipinski definition) is 1. The second kappa shape index (κ2) is 9.40. The van der Waals surface area contributed by atoms with E-state index in [0.717, 1.165) is 15.7 Å². The van der Waals surface area contributed by atoms with Crippen LogP contribution in [0.3, 0.4) is 0 Å². The number of morpholine rings is 1. The van der Waals surface area contributed by atoms with E-state index in [2.05, 4.69) is 17.4 Å². The predicted octanol–water partition coefficient (Wildman–Crippen LogP) is 3.98. The summed E-state index contributed by atoms with van der Waals surface area (Å²) < 4.78 is 32.4. The fourth-order valence-corrected chi connectivity index (χ4v) is 5.78. The van der Waals surface area contributed by atoms with Crippen molar-refractivity contribution in [1.29, 1.82) is 0 Å². The molecule has 3 aromatic carbocycles. The van der Waals surface area contributed by atoms with Gasteiger partial charge in [-0.15, -0.1) is 11.8 Å². The number of sulfonamides is 1. The maximum atomic E-state index is 12.9. The fourth-order valence-electron chi connectivity index (χ4n) is 3.41. The van der Waals surface area contributed by atoms with Crippen LogP contribution < -0.4 is 5.32 Å². The Morgan fingerprint density at radius 3 is 2.52 bits per heavy atom. The van der Waals surface area contributed by atoms with E-state index in [1.165, 1.54) is 22.1 Å². The summed E-state index contributed by atoms with van der Waals surface area (Å²) in [6.07, 6.45) is 0. The lowest BCUT2D eigenvalue weighted by Crippen LogP contribution is -2.40. The number of rotatable bonds is 6. The van der Waals surface area contributed by atoms with Crippen LogP contribution in [0.15, 0.2) is 76.5 Å². The fraction of sp³-hybridized carbons (Fsp3) is 0.261. The van der Waals surface area contributed by atoms with E-state index >= 15 is 0 Å². The summed E-state index contributed by atoms with van der Waals surface area (Å²) in [6, 6.07) is 20.6. The van der Waals surface area contributed by atoms with Crippen molar-refractivity contribution in [2.45, 2.75) is 22.0 Å². The molecule has 1 aliphatic heterocycles. The zero-order chi connectivity index (χ0) is 21.8. The van der Waals surface area contributed by atoms with Crippen LogP contribution in [-0.4, -0.2) is 50.2 Å². The average molecular weight is 457 g/mol. The lowest BCUT2D eigenvalue weighted by molar-refractivity contribution is -0.115. The molecule has 0 saturated carbocycles. The molecule has 1 fully saturated rings. The molecule has 1 atom stereocenters. The highest BCUT2D eigenvalue weighted by molar-refractivity contribution is 8.00. The molecule has 0 aromatic heterocycles. The van der Waals surface area contributed by atoms with Crippen LogP contribution in [0.1, 0.15) is 6.92 Å². The highest BCUT2D eigenvalue weighted by atomic mass is 32.2. The molecular weight excluding hydrogens is 432 g/mol. The Labute approximate surface area is 186 Å². The number of nitrogens with one attached hydrogen (secondary N) is 1. The minimum Gasteiger partial charge on any atom is -0.379 e. The van der Waals surface area contributed by atoms with Crippen LogP contribution >= 0.6 is 11.8 Å². The third kappa shape index (κ3) is 5.10. The summed E-state index contributed by atoms with van der Waals surface area (Å²) in [6.45, 7) is 3.28. The number of thioether (sulfide) groups is 1. The van der Waals surface area contributed by atoms with E-state index in [1.54, 1.807) is 18.2 Å². The number of carbonyl (C=O) groups is 1. The summed E-state index contributed by atoms with van der Waals surface area (Å²) in [5, 5.41) is 4.78. The Morgan fingerprint density at radius 2 is 1.74 bits per heavy atom. The van der Waals surface area contributed by atoms with Gasteiger partial charge in [0.05, 0.1) is 23.4 Å². The van der Waals surface area contributed by atoms with Crippen LogP contribution in [0.4, 0.5) is 5.69 Å². The molecule has 1 amide bonds. The number of fused-ring (bicyclic) bond motifs is 1. The molecule has 8 heteroatoms. The van der Waals surface area contributed by atoms with Crippen molar-refractivity contribution in [3.05, 3.63) is 66.7 Å². The number of benzene rings is 3. The highest BCUT2D eigenvalue weighted by Gasteiger charge is 2.26. The first-order chi connectivity index (χ1) is 14.9. The average Bonchev–Trinajstić information content (AvgIpc) is 2.79. The Kier molecular flexibility index (Phi) is 6.62. The van der Waals surface area contributed by atoms with Gasteiger partial charge in [0.15, 0.2) is 0 Å². The van der Waals surface area contributed by atoms with Crippen LogP contribution in [0.2, 0.25) is 0 Å². The maximum Gasteiger partial charge on any atom is 0.243 e. The van der Waals surface area contributed by atoms with Gasteiger partial charge in [0.1, 0.15) is 0 Å². The summed E-state index contributed by atoms with van der Waals surface area (Å²) >= 11 is 1.47. The Balaban J connectivity index is 1.44. The van der Waals surface area contributed by atoms with Crippen molar-refractivity contribution in [2.75, 3.05) is 31.6 Å². The van der Waals surface area contributed by atoms with Gasteiger partial charge in [0.25, 0.3) is 0 Å². The zero-order valence-electron chi connectivity index (χ0n) is 17.2. The first-order valence-corrected chi connectivity index (χ1v) is 12.4. The van der Waals surface area contributed by atoms with Crippen molar-refractivity contribution < 1.29 is 17.9 Å². The third-order valence-electron chi connectivity index (χ3n) is 5.11. The molecule has 1 heterocycles. The lowest BCUT2D eigenvalue weighted by Gasteiger charge is -2.26. The van der Waals surface area contributed by atoms with Crippen LogP contribution in [0.25, 0.3) is 10.8 Å². The molecule has 0 radical (unpaired) electrons. The van der Waals surface area contributed by atoms with Gasteiger partial charge < -0.3 is 10.1 Å². The van der Waals surface area contributed by atoms with Gasteiger partial charge in [-0.1, -0.05) is 36.4 Å². The maximum absolute atomic E-state index is 12.9. The van der Waals surface area contributed by atoms with Crippen molar-refractivity contribution in [1.82, 2.24) is 4.31 Å². The highest BCUT2D eigenvalue weighted by Crippen LogP contribution is 2.28. The molecule has 0 spiro atoms. The Hall–Kier alpha value is -2.39. The van der Waals surface area contributed by atoms with E-state index in [9.17, 15) is 13.2 Å². The smallest absolute Gasteiger partial charge is 0.243 e. The number of nitrogens with zero attached hydrogens (tertiary/aromatic N) is 1.